The van der Waals surface area contributed by atoms with Crippen LogP contribution in [0.1, 0.15) is 30.0 Å². The number of carbonyl (C=O) groups is 1. The molecule has 3 aromatic carbocycles. The van der Waals surface area contributed by atoms with Crippen molar-refractivity contribution in [2.45, 2.75) is 37.5 Å². The lowest BCUT2D eigenvalue weighted by Gasteiger charge is -2.27. The lowest BCUT2D eigenvalue weighted by molar-refractivity contribution is -0.116. The maximum Gasteiger partial charge on any atom is 0.240 e. The molecule has 3 aromatic rings. The van der Waals surface area contributed by atoms with Crippen LogP contribution in [-0.4, -0.2) is 34.0 Å². The van der Waals surface area contributed by atoms with Crippen molar-refractivity contribution in [3.63, 3.8) is 0 Å². The summed E-state index contributed by atoms with van der Waals surface area (Å²) in [5, 5.41) is 0.689. The Balaban J connectivity index is 1.29. The van der Waals surface area contributed by atoms with Crippen LogP contribution in [0.3, 0.4) is 0 Å². The number of anilines is 3. The monoisotopic (exact) mass is 509 g/mol. The first-order valence-corrected chi connectivity index (χ1v) is 13.7. The number of amides is 1. The Kier molecular flexibility index (Phi) is 6.57. The molecule has 0 spiro atoms. The Morgan fingerprint density at radius 1 is 0.914 bits per heavy atom. The van der Waals surface area contributed by atoms with E-state index in [4.69, 9.17) is 11.6 Å². The van der Waals surface area contributed by atoms with Gasteiger partial charge in [-0.15, -0.1) is 0 Å². The second-order valence-corrected chi connectivity index (χ2v) is 11.2. The third kappa shape index (κ3) is 4.81. The fourth-order valence-corrected chi connectivity index (χ4v) is 6.32. The molecule has 0 aliphatic carbocycles. The zero-order chi connectivity index (χ0) is 24.6. The van der Waals surface area contributed by atoms with E-state index >= 15 is 0 Å². The average molecular weight is 510 g/mol. The highest BCUT2D eigenvalue weighted by atomic mass is 35.5. The van der Waals surface area contributed by atoms with Gasteiger partial charge in [0.05, 0.1) is 4.90 Å². The molecule has 0 fully saturated rings. The van der Waals surface area contributed by atoms with Crippen molar-refractivity contribution in [2.75, 3.05) is 29.4 Å². The van der Waals surface area contributed by atoms with Crippen LogP contribution in [0.4, 0.5) is 17.1 Å². The SMILES string of the molecule is CC(=O)N1CCc2cc(S(=O)(=O)NCCCN3c4ccccc4CCc4ccc(Cl)cc43)ccc21. The number of hydrogen-bond donors (Lipinski definition) is 1. The minimum Gasteiger partial charge on any atom is -0.341 e. The number of fused-ring (bicyclic) bond motifs is 3. The number of para-hydroxylation sites is 1. The number of nitrogens with zero attached hydrogens (tertiary/aromatic N) is 2. The normalized spacial score (nSPS) is 14.8. The molecule has 0 atom stereocenters. The predicted molar refractivity (Wildman–Crippen MR) is 140 cm³/mol. The Hall–Kier alpha value is -2.87. The lowest BCUT2D eigenvalue weighted by Crippen LogP contribution is -2.28. The third-order valence-electron chi connectivity index (χ3n) is 6.77. The van der Waals surface area contributed by atoms with Gasteiger partial charge in [0, 0.05) is 48.6 Å². The van der Waals surface area contributed by atoms with Crippen molar-refractivity contribution in [1.29, 1.82) is 0 Å². The van der Waals surface area contributed by atoms with E-state index in [1.807, 2.05) is 18.2 Å². The smallest absolute Gasteiger partial charge is 0.240 e. The summed E-state index contributed by atoms with van der Waals surface area (Å²) in [6, 6.07) is 19.4. The number of halogens is 1. The molecule has 0 saturated carbocycles. The molecule has 1 N–H and O–H groups in total. The molecule has 2 heterocycles. The third-order valence-corrected chi connectivity index (χ3v) is 8.47. The highest BCUT2D eigenvalue weighted by Gasteiger charge is 2.25. The van der Waals surface area contributed by atoms with E-state index in [2.05, 4.69) is 33.9 Å². The Morgan fingerprint density at radius 3 is 2.49 bits per heavy atom. The van der Waals surface area contributed by atoms with Crippen LogP contribution >= 0.6 is 11.6 Å². The second-order valence-electron chi connectivity index (χ2n) is 9.02. The molecule has 2 aliphatic rings. The minimum absolute atomic E-state index is 0.0320. The number of carbonyl (C=O) groups excluding carboxylic acids is 1. The van der Waals surface area contributed by atoms with Gasteiger partial charge in [-0.3, -0.25) is 4.79 Å². The molecule has 8 heteroatoms. The van der Waals surface area contributed by atoms with Gasteiger partial charge in [0.25, 0.3) is 0 Å². The molecule has 5 rings (SSSR count). The van der Waals surface area contributed by atoms with E-state index in [9.17, 15) is 13.2 Å². The van der Waals surface area contributed by atoms with Gasteiger partial charge in [-0.1, -0.05) is 35.9 Å². The van der Waals surface area contributed by atoms with Crippen LogP contribution < -0.4 is 14.5 Å². The molecule has 0 bridgehead atoms. The largest absolute Gasteiger partial charge is 0.341 e. The molecule has 0 radical (unpaired) electrons. The van der Waals surface area contributed by atoms with Crippen LogP contribution in [0.15, 0.2) is 65.6 Å². The van der Waals surface area contributed by atoms with Crippen LogP contribution in [0.25, 0.3) is 0 Å². The van der Waals surface area contributed by atoms with Crippen molar-refractivity contribution in [1.82, 2.24) is 4.72 Å². The van der Waals surface area contributed by atoms with Gasteiger partial charge >= 0.3 is 0 Å². The average Bonchev–Trinajstić information content (AvgIpc) is 3.21. The van der Waals surface area contributed by atoms with Crippen LogP contribution in [0.5, 0.6) is 0 Å². The Morgan fingerprint density at radius 2 is 1.69 bits per heavy atom. The highest BCUT2D eigenvalue weighted by Crippen LogP contribution is 2.37. The molecule has 1 amide bonds. The molecule has 0 saturated heterocycles. The first-order valence-electron chi connectivity index (χ1n) is 11.9. The van der Waals surface area contributed by atoms with Crippen molar-refractivity contribution in [3.8, 4) is 0 Å². The van der Waals surface area contributed by atoms with Gasteiger partial charge in [0.15, 0.2) is 0 Å². The predicted octanol–water partition coefficient (Wildman–Crippen LogP) is 4.85. The summed E-state index contributed by atoms with van der Waals surface area (Å²) in [6.45, 7) is 3.08. The van der Waals surface area contributed by atoms with Gasteiger partial charge in [-0.05, 0) is 78.8 Å². The summed E-state index contributed by atoms with van der Waals surface area (Å²) in [4.78, 5) is 15.9. The zero-order valence-electron chi connectivity index (χ0n) is 19.6. The number of aryl methyl sites for hydroxylation is 2. The first kappa shape index (κ1) is 23.9. The van der Waals surface area contributed by atoms with E-state index in [0.29, 0.717) is 37.5 Å². The van der Waals surface area contributed by atoms with Crippen molar-refractivity contribution in [3.05, 3.63) is 82.4 Å². The maximum atomic E-state index is 13.0. The summed E-state index contributed by atoms with van der Waals surface area (Å²) < 4.78 is 28.7. The zero-order valence-corrected chi connectivity index (χ0v) is 21.2. The molecular formula is C27H28ClN3O3S. The summed E-state index contributed by atoms with van der Waals surface area (Å²) >= 11 is 6.34. The number of sulfonamides is 1. The first-order chi connectivity index (χ1) is 16.8. The standard InChI is InChI=1S/C27H28ClN3O3S/c1-19(32)30-16-13-22-17-24(11-12-26(22)30)35(33,34)29-14-4-15-31-25-6-3-2-5-20(25)7-8-21-9-10-23(28)18-27(21)31/h2-3,5-6,9-12,17-18,29H,4,7-8,13-16H2,1H3. The molecule has 35 heavy (non-hydrogen) atoms. The van der Waals surface area contributed by atoms with E-state index in [1.54, 1.807) is 23.1 Å². The van der Waals surface area contributed by atoms with Crippen LogP contribution in [0, 0.1) is 0 Å². The van der Waals surface area contributed by atoms with Gasteiger partial charge in [0.2, 0.25) is 15.9 Å². The highest BCUT2D eigenvalue weighted by molar-refractivity contribution is 7.89. The summed E-state index contributed by atoms with van der Waals surface area (Å²) in [5.41, 5.74) is 6.43. The topological polar surface area (TPSA) is 69.7 Å². The molecule has 2 aliphatic heterocycles. The molecular weight excluding hydrogens is 482 g/mol. The molecule has 182 valence electrons. The number of hydrogen-bond acceptors (Lipinski definition) is 4. The summed E-state index contributed by atoms with van der Waals surface area (Å²) in [7, 11) is -3.65. The number of benzene rings is 3. The van der Waals surface area contributed by atoms with Crippen molar-refractivity contribution in [2.24, 2.45) is 0 Å². The van der Waals surface area contributed by atoms with E-state index in [0.717, 1.165) is 35.5 Å². The second kappa shape index (κ2) is 9.64. The lowest BCUT2D eigenvalue weighted by atomic mass is 10.0. The molecule has 0 unspecified atom stereocenters. The Bertz CT molecular complexity index is 1390. The number of nitrogens with one attached hydrogen (secondary N) is 1. The maximum absolute atomic E-state index is 13.0. The van der Waals surface area contributed by atoms with Crippen LogP contribution in [0.2, 0.25) is 5.02 Å². The Labute approximate surface area is 211 Å². The van der Waals surface area contributed by atoms with Crippen LogP contribution in [-0.2, 0) is 34.1 Å². The number of rotatable bonds is 6. The van der Waals surface area contributed by atoms with E-state index < -0.39 is 10.0 Å². The van der Waals surface area contributed by atoms with Gasteiger partial charge < -0.3 is 9.80 Å². The quantitative estimate of drug-likeness (QED) is 0.482. The van der Waals surface area contributed by atoms with Crippen molar-refractivity contribution < 1.29 is 13.2 Å². The molecule has 0 aromatic heterocycles. The fourth-order valence-electron chi connectivity index (χ4n) is 5.02. The summed E-state index contributed by atoms with van der Waals surface area (Å²) in [6.07, 6.45) is 3.18. The minimum atomic E-state index is -3.65. The summed E-state index contributed by atoms with van der Waals surface area (Å²) in [5.74, 6) is -0.0320. The van der Waals surface area contributed by atoms with E-state index in [1.165, 1.54) is 18.1 Å². The van der Waals surface area contributed by atoms with Crippen molar-refractivity contribution >= 4 is 44.6 Å². The van der Waals surface area contributed by atoms with E-state index in [-0.39, 0.29) is 10.8 Å². The van der Waals surface area contributed by atoms with Gasteiger partial charge in [-0.2, -0.15) is 0 Å². The van der Waals surface area contributed by atoms with Gasteiger partial charge in [0.1, 0.15) is 0 Å². The molecule has 6 nitrogen and oxygen atoms in total. The fraction of sp³-hybridized carbons (Fsp3) is 0.296. The van der Waals surface area contributed by atoms with Gasteiger partial charge in [-0.25, -0.2) is 13.1 Å².